The molecule has 1 aliphatic heterocycles. The van der Waals surface area contributed by atoms with E-state index in [0.29, 0.717) is 4.90 Å². The summed E-state index contributed by atoms with van der Waals surface area (Å²) in [5.41, 5.74) is 2.73. The van der Waals surface area contributed by atoms with Crippen LogP contribution < -0.4 is 0 Å². The number of nitrogens with zero attached hydrogens (tertiary/aromatic N) is 1. The zero-order chi connectivity index (χ0) is 17.3. The van der Waals surface area contributed by atoms with Crippen molar-refractivity contribution in [2.45, 2.75) is 43.7 Å². The van der Waals surface area contributed by atoms with Crippen LogP contribution in [-0.4, -0.2) is 18.8 Å². The zero-order valence-corrected chi connectivity index (χ0v) is 14.8. The van der Waals surface area contributed by atoms with Crippen molar-refractivity contribution in [2.24, 2.45) is 0 Å². The molecule has 3 nitrogen and oxygen atoms in total. The van der Waals surface area contributed by atoms with Gasteiger partial charge in [-0.2, -0.15) is 4.31 Å². The molecule has 124 valence electrons. The van der Waals surface area contributed by atoms with Crippen molar-refractivity contribution in [3.8, 4) is 12.3 Å². The SMILES string of the molecule is C#Cc1ccccc1C1C(CCC)N1S(=O)(=O)c1ccc(C)cc1. The molecule has 1 saturated heterocycles. The van der Waals surface area contributed by atoms with E-state index in [-0.39, 0.29) is 12.1 Å². The molecule has 3 unspecified atom stereocenters. The second-order valence-corrected chi connectivity index (χ2v) is 8.02. The average molecular weight is 339 g/mol. The van der Waals surface area contributed by atoms with E-state index in [1.165, 1.54) is 0 Å². The summed E-state index contributed by atoms with van der Waals surface area (Å²) < 4.78 is 27.7. The van der Waals surface area contributed by atoms with Gasteiger partial charge in [0.05, 0.1) is 10.9 Å². The summed E-state index contributed by atoms with van der Waals surface area (Å²) >= 11 is 0. The van der Waals surface area contributed by atoms with E-state index < -0.39 is 10.0 Å². The largest absolute Gasteiger partial charge is 0.244 e. The van der Waals surface area contributed by atoms with Crippen LogP contribution in [0.15, 0.2) is 53.4 Å². The Morgan fingerprint density at radius 1 is 1.12 bits per heavy atom. The van der Waals surface area contributed by atoms with Crippen LogP contribution in [0.5, 0.6) is 0 Å². The van der Waals surface area contributed by atoms with Crippen LogP contribution in [0.2, 0.25) is 0 Å². The van der Waals surface area contributed by atoms with Gasteiger partial charge in [0, 0.05) is 11.6 Å². The maximum Gasteiger partial charge on any atom is 0.244 e. The molecule has 0 aromatic heterocycles. The third-order valence-corrected chi connectivity index (χ3v) is 6.41. The molecule has 0 N–H and O–H groups in total. The first-order chi connectivity index (χ1) is 11.5. The Bertz CT molecular complexity index is 879. The van der Waals surface area contributed by atoms with E-state index in [9.17, 15) is 8.42 Å². The summed E-state index contributed by atoms with van der Waals surface area (Å²) in [6.07, 6.45) is 7.36. The lowest BCUT2D eigenvalue weighted by atomic mass is 10.0. The minimum atomic E-state index is -3.51. The topological polar surface area (TPSA) is 37.1 Å². The van der Waals surface area contributed by atoms with Gasteiger partial charge in [0.2, 0.25) is 10.0 Å². The summed E-state index contributed by atoms with van der Waals surface area (Å²) in [4.78, 5) is 0.342. The minimum absolute atomic E-state index is 0.0178. The highest BCUT2D eigenvalue weighted by Gasteiger charge is 2.55. The molecule has 24 heavy (non-hydrogen) atoms. The van der Waals surface area contributed by atoms with E-state index in [0.717, 1.165) is 29.5 Å². The van der Waals surface area contributed by atoms with Crippen molar-refractivity contribution in [3.05, 3.63) is 65.2 Å². The molecule has 0 spiro atoms. The highest BCUT2D eigenvalue weighted by molar-refractivity contribution is 7.89. The molecule has 0 saturated carbocycles. The van der Waals surface area contributed by atoms with Crippen LogP contribution in [0, 0.1) is 19.3 Å². The van der Waals surface area contributed by atoms with Gasteiger partial charge in [0.15, 0.2) is 0 Å². The number of hydrogen-bond acceptors (Lipinski definition) is 2. The summed E-state index contributed by atoms with van der Waals surface area (Å²) in [6, 6.07) is 14.4. The predicted molar refractivity (Wildman–Crippen MR) is 96.0 cm³/mol. The van der Waals surface area contributed by atoms with Crippen molar-refractivity contribution in [2.75, 3.05) is 0 Å². The molecule has 3 atom stereocenters. The van der Waals surface area contributed by atoms with Crippen molar-refractivity contribution >= 4 is 10.0 Å². The molecular formula is C20H21NO2S. The molecule has 3 rings (SSSR count). The van der Waals surface area contributed by atoms with Crippen LogP contribution >= 0.6 is 0 Å². The van der Waals surface area contributed by atoms with Gasteiger partial charge in [-0.1, -0.05) is 55.2 Å². The first-order valence-electron chi connectivity index (χ1n) is 8.16. The van der Waals surface area contributed by atoms with E-state index in [2.05, 4.69) is 12.8 Å². The van der Waals surface area contributed by atoms with Gasteiger partial charge in [0.25, 0.3) is 0 Å². The maximum atomic E-state index is 13.0. The van der Waals surface area contributed by atoms with Crippen LogP contribution in [0.1, 0.15) is 42.5 Å². The molecule has 1 fully saturated rings. The highest BCUT2D eigenvalue weighted by atomic mass is 32.2. The van der Waals surface area contributed by atoms with Crippen molar-refractivity contribution in [1.29, 1.82) is 0 Å². The first kappa shape index (κ1) is 16.8. The summed E-state index contributed by atoms with van der Waals surface area (Å²) in [5.74, 6) is 2.68. The Morgan fingerprint density at radius 2 is 1.79 bits per heavy atom. The monoisotopic (exact) mass is 339 g/mol. The first-order valence-corrected chi connectivity index (χ1v) is 9.60. The molecule has 2 aromatic rings. The molecule has 0 aliphatic carbocycles. The number of benzene rings is 2. The summed E-state index contributed by atoms with van der Waals surface area (Å²) in [6.45, 7) is 4.01. The Hall–Kier alpha value is -2.09. The van der Waals surface area contributed by atoms with Crippen molar-refractivity contribution in [3.63, 3.8) is 0 Å². The summed E-state index contributed by atoms with van der Waals surface area (Å²) in [7, 11) is -3.51. The molecule has 2 aromatic carbocycles. The number of aryl methyl sites for hydroxylation is 1. The standard InChI is InChI=1S/C20H21NO2S/c1-4-8-19-20(18-10-7-6-9-16(18)5-2)21(19)24(22,23)17-13-11-15(3)12-14-17/h2,6-7,9-14,19-20H,4,8H2,1,3H3. The fourth-order valence-electron chi connectivity index (χ4n) is 3.23. The lowest BCUT2D eigenvalue weighted by Crippen LogP contribution is -2.15. The Kier molecular flexibility index (Phi) is 4.49. The van der Waals surface area contributed by atoms with Crippen LogP contribution in [-0.2, 0) is 10.0 Å². The van der Waals surface area contributed by atoms with Gasteiger partial charge in [0.1, 0.15) is 0 Å². The molecule has 4 heteroatoms. The van der Waals surface area contributed by atoms with Crippen LogP contribution in [0.3, 0.4) is 0 Å². The molecule has 1 aliphatic rings. The van der Waals surface area contributed by atoms with Crippen molar-refractivity contribution in [1.82, 2.24) is 4.31 Å². The Morgan fingerprint density at radius 3 is 2.42 bits per heavy atom. The second-order valence-electron chi connectivity index (χ2n) is 6.18. The summed E-state index contributed by atoms with van der Waals surface area (Å²) in [5, 5.41) is 0. The maximum absolute atomic E-state index is 13.0. The molecule has 0 amide bonds. The van der Waals surface area contributed by atoms with Crippen molar-refractivity contribution < 1.29 is 8.42 Å². The van der Waals surface area contributed by atoms with Crippen LogP contribution in [0.4, 0.5) is 0 Å². The van der Waals surface area contributed by atoms with Gasteiger partial charge in [-0.25, -0.2) is 8.42 Å². The molecule has 0 bridgehead atoms. The molecular weight excluding hydrogens is 318 g/mol. The van der Waals surface area contributed by atoms with E-state index in [4.69, 9.17) is 6.42 Å². The van der Waals surface area contributed by atoms with Gasteiger partial charge in [-0.3, -0.25) is 0 Å². The number of hydrogen-bond donors (Lipinski definition) is 0. The molecule has 1 heterocycles. The quantitative estimate of drug-likeness (QED) is 0.612. The third-order valence-electron chi connectivity index (χ3n) is 4.49. The highest BCUT2D eigenvalue weighted by Crippen LogP contribution is 2.50. The lowest BCUT2D eigenvalue weighted by Gasteiger charge is -2.08. The Labute approximate surface area is 144 Å². The predicted octanol–water partition coefficient (Wildman–Crippen LogP) is 3.89. The normalized spacial score (nSPS) is 22.8. The third kappa shape index (κ3) is 2.86. The van der Waals surface area contributed by atoms with Gasteiger partial charge < -0.3 is 0 Å². The zero-order valence-electron chi connectivity index (χ0n) is 13.9. The van der Waals surface area contributed by atoms with E-state index in [1.54, 1.807) is 16.4 Å². The number of rotatable bonds is 5. The van der Waals surface area contributed by atoms with Crippen LogP contribution in [0.25, 0.3) is 0 Å². The number of sulfonamides is 1. The van der Waals surface area contributed by atoms with Gasteiger partial charge in [-0.15, -0.1) is 6.42 Å². The fourth-order valence-corrected chi connectivity index (χ4v) is 5.03. The number of terminal acetylenes is 1. The lowest BCUT2D eigenvalue weighted by molar-refractivity contribution is 0.541. The minimum Gasteiger partial charge on any atom is -0.207 e. The van der Waals surface area contributed by atoms with Gasteiger partial charge in [-0.05, 0) is 37.1 Å². The average Bonchev–Trinajstić information content (AvgIpc) is 3.30. The van der Waals surface area contributed by atoms with Gasteiger partial charge >= 0.3 is 0 Å². The van der Waals surface area contributed by atoms with E-state index in [1.807, 2.05) is 43.3 Å². The second kappa shape index (κ2) is 6.43. The van der Waals surface area contributed by atoms with E-state index >= 15 is 0 Å². The molecule has 0 radical (unpaired) electrons. The smallest absolute Gasteiger partial charge is 0.207 e. The Balaban J connectivity index is 2.00. The fraction of sp³-hybridized carbons (Fsp3) is 0.300.